The summed E-state index contributed by atoms with van der Waals surface area (Å²) in [7, 11) is 2.12. The molecule has 2 aromatic carbocycles. The van der Waals surface area contributed by atoms with Gasteiger partial charge in [-0.05, 0) is 56.0 Å². The van der Waals surface area contributed by atoms with E-state index < -0.39 is 0 Å². The molecule has 1 heterocycles. The Balaban J connectivity index is 2.10. The molecule has 0 aliphatic carbocycles. The summed E-state index contributed by atoms with van der Waals surface area (Å²) < 4.78 is 5.88. The van der Waals surface area contributed by atoms with Crippen LogP contribution in [0, 0.1) is 6.92 Å². The third kappa shape index (κ3) is 3.05. The third-order valence-electron chi connectivity index (χ3n) is 4.59. The van der Waals surface area contributed by atoms with E-state index in [1.807, 2.05) is 13.8 Å². The molecule has 124 valence electrons. The predicted molar refractivity (Wildman–Crippen MR) is 103 cm³/mol. The molecule has 0 aromatic heterocycles. The molecule has 2 N–H and O–H groups in total. The molecule has 4 heteroatoms. The number of hydrogen-bond donors (Lipinski definition) is 1. The number of aryl methyl sites for hydroxylation is 1. The molecule has 0 radical (unpaired) electrons. The summed E-state index contributed by atoms with van der Waals surface area (Å²) in [6, 6.07) is 15.0. The monoisotopic (exact) mass is 320 g/mol. The van der Waals surface area contributed by atoms with E-state index in [0.717, 1.165) is 30.0 Å². The Bertz CT molecular complexity index is 785. The Kier molecular flexibility index (Phi) is 4.40. The lowest BCUT2D eigenvalue weighted by Crippen LogP contribution is -2.24. The van der Waals surface area contributed by atoms with Crippen molar-refractivity contribution in [1.82, 2.24) is 0 Å². The summed E-state index contributed by atoms with van der Waals surface area (Å²) in [6.45, 7) is 6.18. The fraction of sp³-hybridized carbons (Fsp3) is 0.350. The zero-order valence-electron chi connectivity index (χ0n) is 15.0. The maximum atomic E-state index is 6.08. The first-order chi connectivity index (χ1) is 11.4. The average Bonchev–Trinajstić information content (AvgIpc) is 2.92. The third-order valence-corrected chi connectivity index (χ3v) is 4.59. The van der Waals surface area contributed by atoms with Crippen LogP contribution in [0.5, 0.6) is 5.75 Å². The molecule has 0 spiro atoms. The molecule has 1 aliphatic rings. The molecule has 24 heavy (non-hydrogen) atoms. The number of amidine groups is 1. The highest BCUT2D eigenvalue weighted by atomic mass is 16.5. The molecule has 0 fully saturated rings. The molecule has 0 saturated heterocycles. The van der Waals surface area contributed by atoms with E-state index in [4.69, 9.17) is 15.5 Å². The van der Waals surface area contributed by atoms with Crippen LogP contribution in [0.15, 0.2) is 47.5 Å². The fourth-order valence-electron chi connectivity index (χ4n) is 3.45. The van der Waals surface area contributed by atoms with E-state index in [2.05, 4.69) is 57.2 Å². The van der Waals surface area contributed by atoms with Crippen LogP contribution in [0.2, 0.25) is 0 Å². The highest BCUT2D eigenvalue weighted by Gasteiger charge is 2.38. The van der Waals surface area contributed by atoms with E-state index >= 15 is 0 Å². The van der Waals surface area contributed by atoms with Crippen molar-refractivity contribution in [1.29, 1.82) is 0 Å². The molecule has 1 aliphatic heterocycles. The Hall–Kier alpha value is -2.23. The molecular formula is C20H25BN2O. The first kappa shape index (κ1) is 16.6. The highest BCUT2D eigenvalue weighted by Crippen LogP contribution is 2.42. The van der Waals surface area contributed by atoms with Gasteiger partial charge in [-0.3, -0.25) is 4.99 Å². The molecule has 1 atom stereocenters. The van der Waals surface area contributed by atoms with E-state index in [1.165, 1.54) is 16.6 Å². The van der Waals surface area contributed by atoms with Crippen molar-refractivity contribution in [2.75, 3.05) is 0 Å². The van der Waals surface area contributed by atoms with Gasteiger partial charge in [0.1, 0.15) is 19.1 Å². The highest BCUT2D eigenvalue weighted by molar-refractivity contribution is 6.32. The molecule has 2 aromatic rings. The zero-order chi connectivity index (χ0) is 17.3. The van der Waals surface area contributed by atoms with Gasteiger partial charge >= 0.3 is 0 Å². The number of rotatable bonds is 4. The summed E-state index contributed by atoms with van der Waals surface area (Å²) in [5, 5.41) is 0. The van der Waals surface area contributed by atoms with Gasteiger partial charge in [-0.15, -0.1) is 0 Å². The minimum absolute atomic E-state index is 0.167. The molecule has 1 unspecified atom stereocenters. The van der Waals surface area contributed by atoms with Crippen LogP contribution in [-0.2, 0) is 5.54 Å². The minimum atomic E-state index is -0.378. The summed E-state index contributed by atoms with van der Waals surface area (Å²) in [5.41, 5.74) is 10.5. The van der Waals surface area contributed by atoms with Gasteiger partial charge in [0.2, 0.25) is 0 Å². The van der Waals surface area contributed by atoms with Crippen LogP contribution in [-0.4, -0.2) is 19.8 Å². The van der Waals surface area contributed by atoms with Crippen LogP contribution < -0.4 is 15.9 Å². The molecule has 0 saturated carbocycles. The van der Waals surface area contributed by atoms with Gasteiger partial charge in [-0.2, -0.15) is 0 Å². The van der Waals surface area contributed by atoms with Gasteiger partial charge in [0.05, 0.1) is 11.9 Å². The van der Waals surface area contributed by atoms with Gasteiger partial charge in [0.25, 0.3) is 0 Å². The predicted octanol–water partition coefficient (Wildman–Crippen LogP) is 2.44. The SMILES string of the molecule is Bc1cccc(C2(c3ccc(OC(C)C)c(C)c3)CCC(N)=N2)c1. The number of benzene rings is 2. The summed E-state index contributed by atoms with van der Waals surface area (Å²) in [5.74, 6) is 1.67. The number of hydrogen-bond acceptors (Lipinski definition) is 3. The second kappa shape index (κ2) is 6.35. The van der Waals surface area contributed by atoms with E-state index in [9.17, 15) is 0 Å². The summed E-state index contributed by atoms with van der Waals surface area (Å²) in [4.78, 5) is 4.89. The van der Waals surface area contributed by atoms with E-state index in [1.54, 1.807) is 0 Å². The fourth-order valence-corrected chi connectivity index (χ4v) is 3.45. The van der Waals surface area contributed by atoms with Crippen molar-refractivity contribution in [3.05, 3.63) is 59.2 Å². The molecule has 3 rings (SSSR count). The maximum Gasteiger partial charge on any atom is 0.139 e. The lowest BCUT2D eigenvalue weighted by Gasteiger charge is -2.28. The van der Waals surface area contributed by atoms with Crippen molar-refractivity contribution >= 4 is 19.1 Å². The average molecular weight is 320 g/mol. The standard InChI is InChI=1S/C20H25BN2O/c1-13(2)24-18-8-7-16(11-14(18)3)20(10-9-19(22)23-20)15-5-4-6-17(21)12-15/h4-8,11-13H,9-10,21H2,1-3H3,(H2,22,23). The second-order valence-corrected chi connectivity index (χ2v) is 6.98. The van der Waals surface area contributed by atoms with E-state index in [-0.39, 0.29) is 11.6 Å². The quantitative estimate of drug-likeness (QED) is 0.880. The van der Waals surface area contributed by atoms with Crippen molar-refractivity contribution in [2.24, 2.45) is 10.7 Å². The smallest absolute Gasteiger partial charge is 0.139 e. The lowest BCUT2D eigenvalue weighted by molar-refractivity contribution is 0.240. The maximum absolute atomic E-state index is 6.08. The zero-order valence-corrected chi connectivity index (χ0v) is 15.0. The van der Waals surface area contributed by atoms with Crippen molar-refractivity contribution in [3.8, 4) is 5.75 Å². The largest absolute Gasteiger partial charge is 0.491 e. The molecule has 3 nitrogen and oxygen atoms in total. The Labute approximate surface area is 145 Å². The summed E-state index contributed by atoms with van der Waals surface area (Å²) >= 11 is 0. The van der Waals surface area contributed by atoms with Gasteiger partial charge in [0.15, 0.2) is 0 Å². The Morgan fingerprint density at radius 3 is 2.50 bits per heavy atom. The first-order valence-corrected chi connectivity index (χ1v) is 8.60. The van der Waals surface area contributed by atoms with Crippen molar-refractivity contribution in [3.63, 3.8) is 0 Å². The van der Waals surface area contributed by atoms with Gasteiger partial charge in [-0.25, -0.2) is 0 Å². The Morgan fingerprint density at radius 2 is 1.92 bits per heavy atom. The van der Waals surface area contributed by atoms with Crippen LogP contribution in [0.25, 0.3) is 0 Å². The number of aliphatic imine (C=N–C) groups is 1. The second-order valence-electron chi connectivity index (χ2n) is 6.98. The minimum Gasteiger partial charge on any atom is -0.491 e. The van der Waals surface area contributed by atoms with Crippen molar-refractivity contribution in [2.45, 2.75) is 45.3 Å². The number of nitrogens with zero attached hydrogens (tertiary/aromatic N) is 1. The lowest BCUT2D eigenvalue weighted by atomic mass is 9.79. The van der Waals surface area contributed by atoms with Crippen LogP contribution >= 0.6 is 0 Å². The van der Waals surface area contributed by atoms with Gasteiger partial charge in [0, 0.05) is 6.42 Å². The van der Waals surface area contributed by atoms with Crippen LogP contribution in [0.3, 0.4) is 0 Å². The van der Waals surface area contributed by atoms with E-state index in [0.29, 0.717) is 0 Å². The van der Waals surface area contributed by atoms with Crippen molar-refractivity contribution < 1.29 is 4.74 Å². The van der Waals surface area contributed by atoms with Gasteiger partial charge in [-0.1, -0.05) is 35.8 Å². The molecule has 0 amide bonds. The van der Waals surface area contributed by atoms with Gasteiger partial charge < -0.3 is 10.5 Å². The van der Waals surface area contributed by atoms with Crippen LogP contribution in [0.1, 0.15) is 43.4 Å². The number of ether oxygens (including phenoxy) is 1. The number of nitrogens with two attached hydrogens (primary N) is 1. The molecular weight excluding hydrogens is 295 g/mol. The van der Waals surface area contributed by atoms with Crippen LogP contribution in [0.4, 0.5) is 0 Å². The topological polar surface area (TPSA) is 47.6 Å². The first-order valence-electron chi connectivity index (χ1n) is 8.60. The summed E-state index contributed by atoms with van der Waals surface area (Å²) in [6.07, 6.45) is 1.91. The normalized spacial score (nSPS) is 20.2. The Morgan fingerprint density at radius 1 is 1.17 bits per heavy atom. The molecule has 0 bridgehead atoms.